The minimum atomic E-state index is -0.813. The molecule has 2 aromatic heterocycles. The minimum absolute atomic E-state index is 0.00532. The summed E-state index contributed by atoms with van der Waals surface area (Å²) in [5, 5.41) is 3.86. The summed E-state index contributed by atoms with van der Waals surface area (Å²) >= 11 is 0. The lowest BCUT2D eigenvalue weighted by Gasteiger charge is -2.23. The van der Waals surface area contributed by atoms with E-state index in [0.717, 1.165) is 18.6 Å². The maximum absolute atomic E-state index is 14.3. The summed E-state index contributed by atoms with van der Waals surface area (Å²) in [4.78, 5) is 22.5. The number of carbonyl (C=O) groups excluding carboxylic acids is 1. The van der Waals surface area contributed by atoms with Gasteiger partial charge in [-0.2, -0.15) is 4.98 Å². The van der Waals surface area contributed by atoms with Crippen LogP contribution in [0.4, 0.5) is 14.5 Å². The van der Waals surface area contributed by atoms with Gasteiger partial charge in [0.1, 0.15) is 11.6 Å². The summed E-state index contributed by atoms with van der Waals surface area (Å²) in [6, 6.07) is 8.38. The van der Waals surface area contributed by atoms with Crippen LogP contribution in [0.5, 0.6) is 0 Å². The Labute approximate surface area is 161 Å². The van der Waals surface area contributed by atoms with Crippen LogP contribution in [0, 0.1) is 11.6 Å². The molecule has 0 spiro atoms. The summed E-state index contributed by atoms with van der Waals surface area (Å²) < 4.78 is 32.8. The average Bonchev–Trinajstić information content (AvgIpc) is 3.13. The van der Waals surface area contributed by atoms with Crippen LogP contribution in [0.1, 0.15) is 37.2 Å². The van der Waals surface area contributed by atoms with E-state index in [-0.39, 0.29) is 31.0 Å². The monoisotopic (exact) mass is 386 g/mol. The Morgan fingerprint density at radius 1 is 1.18 bits per heavy atom. The molecular weight excluding hydrogens is 366 g/mol. The smallest absolute Gasteiger partial charge is 0.227 e. The molecule has 0 saturated carbocycles. The summed E-state index contributed by atoms with van der Waals surface area (Å²) in [7, 11) is 0. The molecule has 0 aliphatic carbocycles. The van der Waals surface area contributed by atoms with Crippen LogP contribution >= 0.6 is 0 Å². The van der Waals surface area contributed by atoms with Gasteiger partial charge in [-0.3, -0.25) is 9.78 Å². The van der Waals surface area contributed by atoms with Crippen molar-refractivity contribution in [2.75, 3.05) is 4.90 Å². The highest BCUT2D eigenvalue weighted by Gasteiger charge is 2.21. The third-order valence-corrected chi connectivity index (χ3v) is 4.08. The van der Waals surface area contributed by atoms with Crippen molar-refractivity contribution < 1.29 is 18.1 Å². The lowest BCUT2D eigenvalue weighted by atomic mass is 10.2. The van der Waals surface area contributed by atoms with Crippen LogP contribution < -0.4 is 4.90 Å². The minimum Gasteiger partial charge on any atom is -0.339 e. The molecule has 2 heterocycles. The van der Waals surface area contributed by atoms with Gasteiger partial charge in [0, 0.05) is 31.5 Å². The first-order chi connectivity index (χ1) is 13.6. The van der Waals surface area contributed by atoms with Crippen LogP contribution in [0.2, 0.25) is 0 Å². The Kier molecular flexibility index (Phi) is 6.41. The molecule has 6 nitrogen and oxygen atoms in total. The van der Waals surface area contributed by atoms with E-state index in [0.29, 0.717) is 23.8 Å². The van der Waals surface area contributed by atoms with Gasteiger partial charge in [-0.25, -0.2) is 8.78 Å². The maximum Gasteiger partial charge on any atom is 0.227 e. The predicted molar refractivity (Wildman–Crippen MR) is 98.4 cm³/mol. The number of hydrogen-bond donors (Lipinski definition) is 0. The standard InChI is InChI=1S/C20H20F2N4O2/c1-2-5-18-24-19(28-25-18)9-10-20(27)26(13-15-6-3-4-11-23-15)17-8-7-14(21)12-16(17)22/h3-4,6-8,11-12H,2,5,9-10,13H2,1H3. The third-order valence-electron chi connectivity index (χ3n) is 4.08. The zero-order valence-corrected chi connectivity index (χ0v) is 15.4. The van der Waals surface area contributed by atoms with Gasteiger partial charge in [0.05, 0.1) is 17.9 Å². The first-order valence-corrected chi connectivity index (χ1v) is 9.03. The van der Waals surface area contributed by atoms with Crippen LogP contribution in [0.15, 0.2) is 47.1 Å². The number of anilines is 1. The van der Waals surface area contributed by atoms with E-state index in [9.17, 15) is 13.6 Å². The van der Waals surface area contributed by atoms with Gasteiger partial charge in [-0.15, -0.1) is 0 Å². The van der Waals surface area contributed by atoms with Crippen molar-refractivity contribution in [3.8, 4) is 0 Å². The second-order valence-corrected chi connectivity index (χ2v) is 6.25. The van der Waals surface area contributed by atoms with Gasteiger partial charge in [0.15, 0.2) is 5.82 Å². The number of hydrogen-bond acceptors (Lipinski definition) is 5. The molecule has 0 aliphatic heterocycles. The fourth-order valence-corrected chi connectivity index (χ4v) is 2.73. The quantitative estimate of drug-likeness (QED) is 0.588. The Morgan fingerprint density at radius 2 is 2.04 bits per heavy atom. The van der Waals surface area contributed by atoms with Crippen LogP contribution in [-0.4, -0.2) is 21.0 Å². The number of aromatic nitrogens is 3. The Balaban J connectivity index is 1.77. The van der Waals surface area contributed by atoms with Crippen LogP contribution in [0.3, 0.4) is 0 Å². The number of carbonyl (C=O) groups is 1. The van der Waals surface area contributed by atoms with Crippen molar-refractivity contribution in [3.05, 3.63) is 71.6 Å². The average molecular weight is 386 g/mol. The lowest BCUT2D eigenvalue weighted by molar-refractivity contribution is -0.118. The van der Waals surface area contributed by atoms with Crippen molar-refractivity contribution in [3.63, 3.8) is 0 Å². The van der Waals surface area contributed by atoms with Crippen LogP contribution in [0.25, 0.3) is 0 Å². The van der Waals surface area contributed by atoms with Gasteiger partial charge in [0.2, 0.25) is 11.8 Å². The number of rotatable bonds is 8. The number of halogens is 2. The second kappa shape index (κ2) is 9.16. The van der Waals surface area contributed by atoms with Crippen LogP contribution in [-0.2, 0) is 24.2 Å². The molecule has 0 fully saturated rings. The van der Waals surface area contributed by atoms with E-state index in [4.69, 9.17) is 4.52 Å². The fraction of sp³-hybridized carbons (Fsp3) is 0.300. The molecule has 0 aliphatic rings. The number of pyridine rings is 1. The van der Waals surface area contributed by atoms with Crippen molar-refractivity contribution in [2.45, 2.75) is 39.2 Å². The summed E-state index contributed by atoms with van der Waals surface area (Å²) in [5.74, 6) is -0.923. The molecule has 0 saturated heterocycles. The van der Waals surface area contributed by atoms with E-state index in [2.05, 4.69) is 15.1 Å². The van der Waals surface area contributed by atoms with Crippen molar-refractivity contribution in [1.29, 1.82) is 0 Å². The molecule has 3 rings (SSSR count). The molecule has 3 aromatic rings. The molecule has 0 radical (unpaired) electrons. The van der Waals surface area contributed by atoms with E-state index >= 15 is 0 Å². The fourth-order valence-electron chi connectivity index (χ4n) is 2.73. The normalized spacial score (nSPS) is 10.8. The Bertz CT molecular complexity index is 931. The number of amides is 1. The summed E-state index contributed by atoms with van der Waals surface area (Å²) in [6.45, 7) is 2.07. The molecule has 0 bridgehead atoms. The summed E-state index contributed by atoms with van der Waals surface area (Å²) in [5.41, 5.74) is 0.580. The van der Waals surface area contributed by atoms with E-state index in [1.54, 1.807) is 24.4 Å². The molecule has 28 heavy (non-hydrogen) atoms. The Morgan fingerprint density at radius 3 is 2.75 bits per heavy atom. The number of benzene rings is 1. The van der Waals surface area contributed by atoms with Crippen molar-refractivity contribution in [1.82, 2.24) is 15.1 Å². The second-order valence-electron chi connectivity index (χ2n) is 6.25. The van der Waals surface area contributed by atoms with Crippen molar-refractivity contribution >= 4 is 11.6 Å². The van der Waals surface area contributed by atoms with Gasteiger partial charge in [-0.05, 0) is 30.7 Å². The SMILES string of the molecule is CCCc1noc(CCC(=O)N(Cc2ccccn2)c2ccc(F)cc2F)n1. The molecule has 0 N–H and O–H groups in total. The van der Waals surface area contributed by atoms with Gasteiger partial charge in [0.25, 0.3) is 0 Å². The van der Waals surface area contributed by atoms with E-state index in [1.807, 2.05) is 6.92 Å². The number of nitrogens with zero attached hydrogens (tertiary/aromatic N) is 4. The van der Waals surface area contributed by atoms with E-state index < -0.39 is 11.6 Å². The molecule has 146 valence electrons. The lowest BCUT2D eigenvalue weighted by Crippen LogP contribution is -2.31. The largest absolute Gasteiger partial charge is 0.339 e. The third kappa shape index (κ3) is 4.97. The molecule has 1 amide bonds. The Hall–Kier alpha value is -3.16. The zero-order chi connectivity index (χ0) is 19.9. The van der Waals surface area contributed by atoms with Gasteiger partial charge < -0.3 is 9.42 Å². The molecule has 0 atom stereocenters. The first-order valence-electron chi connectivity index (χ1n) is 9.03. The topological polar surface area (TPSA) is 72.1 Å². The first kappa shape index (κ1) is 19.6. The molecular formula is C20H20F2N4O2. The molecule has 1 aromatic carbocycles. The predicted octanol–water partition coefficient (Wildman–Crippen LogP) is 3.86. The molecule has 8 heteroatoms. The van der Waals surface area contributed by atoms with Gasteiger partial charge in [-0.1, -0.05) is 18.1 Å². The highest BCUT2D eigenvalue weighted by Crippen LogP contribution is 2.23. The summed E-state index contributed by atoms with van der Waals surface area (Å²) in [6.07, 6.45) is 3.45. The molecule has 0 unspecified atom stereocenters. The maximum atomic E-state index is 14.3. The zero-order valence-electron chi connectivity index (χ0n) is 15.4. The highest BCUT2D eigenvalue weighted by molar-refractivity contribution is 5.93. The van der Waals surface area contributed by atoms with Gasteiger partial charge >= 0.3 is 0 Å². The van der Waals surface area contributed by atoms with E-state index in [1.165, 1.54) is 11.0 Å². The number of aryl methyl sites for hydroxylation is 2. The van der Waals surface area contributed by atoms with Crippen molar-refractivity contribution in [2.24, 2.45) is 0 Å². The highest BCUT2D eigenvalue weighted by atomic mass is 19.1.